The number of nitrogens with two attached hydrogens (primary N) is 1. The van der Waals surface area contributed by atoms with Gasteiger partial charge in [0.25, 0.3) is 0 Å². The average Bonchev–Trinajstić information content (AvgIpc) is 2.15. The molecule has 1 atom stereocenters. The number of hydrogen-bond acceptors (Lipinski definition) is 4. The van der Waals surface area contributed by atoms with Gasteiger partial charge in [-0.1, -0.05) is 22.0 Å². The fraction of sp³-hybridized carbons (Fsp3) is 0.222. The molecule has 0 radical (unpaired) electrons. The maximum absolute atomic E-state index is 11.5. The normalized spacial score (nSPS) is 13.4. The first kappa shape index (κ1) is 13.1. The minimum atomic E-state index is -3.51. The van der Waals surface area contributed by atoms with Gasteiger partial charge in [-0.25, -0.2) is 8.42 Å². The monoisotopic (exact) mass is 307 g/mol. The van der Waals surface area contributed by atoms with Crippen molar-refractivity contribution in [3.05, 3.63) is 28.2 Å². The third-order valence-electron chi connectivity index (χ3n) is 1.98. The predicted molar refractivity (Wildman–Crippen MR) is 61.8 cm³/mol. The zero-order valence-electron chi connectivity index (χ0n) is 8.34. The summed E-state index contributed by atoms with van der Waals surface area (Å²) in [6.07, 6.45) is 1.01. The van der Waals surface area contributed by atoms with Crippen molar-refractivity contribution in [2.75, 3.05) is 6.26 Å². The number of halogens is 1. The number of benzene rings is 1. The van der Waals surface area contributed by atoms with E-state index in [1.165, 1.54) is 12.1 Å². The predicted octanol–water partition coefficient (Wildman–Crippen LogP) is 0.937. The van der Waals surface area contributed by atoms with E-state index in [1.807, 2.05) is 0 Å². The second kappa shape index (κ2) is 4.52. The van der Waals surface area contributed by atoms with E-state index >= 15 is 0 Å². The van der Waals surface area contributed by atoms with Gasteiger partial charge >= 0.3 is 5.97 Å². The van der Waals surface area contributed by atoms with Crippen LogP contribution in [0.1, 0.15) is 11.6 Å². The van der Waals surface area contributed by atoms with Crippen LogP contribution < -0.4 is 5.73 Å². The second-order valence-corrected chi connectivity index (χ2v) is 6.17. The number of carboxylic acids is 1. The molecule has 0 unspecified atom stereocenters. The van der Waals surface area contributed by atoms with Crippen LogP contribution in [0.25, 0.3) is 0 Å². The summed E-state index contributed by atoms with van der Waals surface area (Å²) in [5, 5.41) is 8.76. The Hall–Kier alpha value is -0.920. The van der Waals surface area contributed by atoms with Crippen molar-refractivity contribution in [1.29, 1.82) is 0 Å². The van der Waals surface area contributed by atoms with E-state index < -0.39 is 21.8 Å². The molecule has 0 saturated carbocycles. The molecule has 3 N–H and O–H groups in total. The Labute approximate surface area is 101 Å². The van der Waals surface area contributed by atoms with Crippen molar-refractivity contribution in [3.8, 4) is 0 Å². The van der Waals surface area contributed by atoms with Crippen molar-refractivity contribution in [3.63, 3.8) is 0 Å². The summed E-state index contributed by atoms with van der Waals surface area (Å²) in [6.45, 7) is 0. The van der Waals surface area contributed by atoms with Gasteiger partial charge in [0.15, 0.2) is 9.84 Å². The molecular formula is C9H10BrNO4S. The molecule has 0 heterocycles. The number of carboxylic acid groups (broad SMARTS) is 1. The van der Waals surface area contributed by atoms with E-state index in [0.717, 1.165) is 6.26 Å². The standard InChI is InChI=1S/C9H10BrNO4S/c1-16(14,15)7-4-5(10)2-3-6(7)8(11)9(12)13/h2-4,8H,11H2,1H3,(H,12,13)/t8-/m0/s1. The minimum absolute atomic E-state index is 0.0724. The molecule has 1 aromatic rings. The van der Waals surface area contributed by atoms with Gasteiger partial charge in [0.05, 0.1) is 4.90 Å². The lowest BCUT2D eigenvalue weighted by Crippen LogP contribution is -2.22. The second-order valence-electron chi connectivity index (χ2n) is 3.27. The summed E-state index contributed by atoms with van der Waals surface area (Å²) in [6, 6.07) is 2.93. The van der Waals surface area contributed by atoms with Crippen LogP contribution in [-0.4, -0.2) is 25.7 Å². The van der Waals surface area contributed by atoms with Crippen molar-refractivity contribution in [2.45, 2.75) is 10.9 Å². The third kappa shape index (κ3) is 2.81. The Morgan fingerprint density at radius 2 is 2.06 bits per heavy atom. The number of carbonyl (C=O) groups is 1. The largest absolute Gasteiger partial charge is 0.480 e. The van der Waals surface area contributed by atoms with Gasteiger partial charge in [0, 0.05) is 10.7 Å². The Kier molecular flexibility index (Phi) is 3.72. The minimum Gasteiger partial charge on any atom is -0.480 e. The van der Waals surface area contributed by atoms with Gasteiger partial charge < -0.3 is 10.8 Å². The molecule has 16 heavy (non-hydrogen) atoms. The summed E-state index contributed by atoms with van der Waals surface area (Å²) in [4.78, 5) is 10.7. The first-order chi connectivity index (χ1) is 7.23. The van der Waals surface area contributed by atoms with E-state index in [4.69, 9.17) is 10.8 Å². The number of rotatable bonds is 3. The maximum atomic E-state index is 11.5. The smallest absolute Gasteiger partial charge is 0.325 e. The van der Waals surface area contributed by atoms with Crippen LogP contribution in [0, 0.1) is 0 Å². The molecule has 1 rings (SSSR count). The topological polar surface area (TPSA) is 97.5 Å². The van der Waals surface area contributed by atoms with Gasteiger partial charge in [-0.05, 0) is 17.7 Å². The SMILES string of the molecule is CS(=O)(=O)c1cc(Br)ccc1[C@H](N)C(=O)O. The van der Waals surface area contributed by atoms with Gasteiger partial charge in [-0.3, -0.25) is 4.79 Å². The van der Waals surface area contributed by atoms with Crippen LogP contribution in [0.3, 0.4) is 0 Å². The highest BCUT2D eigenvalue weighted by Gasteiger charge is 2.22. The molecule has 0 bridgehead atoms. The quantitative estimate of drug-likeness (QED) is 0.866. The highest BCUT2D eigenvalue weighted by atomic mass is 79.9. The Balaban J connectivity index is 3.46. The molecule has 0 aliphatic rings. The number of hydrogen-bond donors (Lipinski definition) is 2. The Morgan fingerprint density at radius 3 is 2.50 bits per heavy atom. The van der Waals surface area contributed by atoms with Crippen molar-refractivity contribution in [1.82, 2.24) is 0 Å². The summed E-state index contributed by atoms with van der Waals surface area (Å²) in [5.41, 5.74) is 5.49. The molecule has 88 valence electrons. The Bertz CT molecular complexity index is 526. The zero-order valence-corrected chi connectivity index (χ0v) is 10.7. The molecule has 0 aliphatic carbocycles. The van der Waals surface area contributed by atoms with Gasteiger partial charge in [-0.2, -0.15) is 0 Å². The fourth-order valence-electron chi connectivity index (χ4n) is 1.22. The molecule has 0 spiro atoms. The lowest BCUT2D eigenvalue weighted by molar-refractivity contribution is -0.138. The van der Waals surface area contributed by atoms with Crippen LogP contribution >= 0.6 is 15.9 Å². The van der Waals surface area contributed by atoms with Crippen LogP contribution in [0.15, 0.2) is 27.6 Å². The first-order valence-corrected chi connectivity index (χ1v) is 6.90. The number of aliphatic carboxylic acids is 1. The lowest BCUT2D eigenvalue weighted by atomic mass is 10.1. The van der Waals surface area contributed by atoms with Crippen molar-refractivity contribution in [2.24, 2.45) is 5.73 Å². The molecule has 0 aliphatic heterocycles. The average molecular weight is 308 g/mol. The van der Waals surface area contributed by atoms with Crippen LogP contribution in [0.4, 0.5) is 0 Å². The fourth-order valence-corrected chi connectivity index (χ4v) is 2.70. The molecule has 5 nitrogen and oxygen atoms in total. The summed E-state index contributed by atoms with van der Waals surface area (Å²) >= 11 is 3.12. The lowest BCUT2D eigenvalue weighted by Gasteiger charge is -2.12. The molecule has 7 heteroatoms. The number of sulfone groups is 1. The highest BCUT2D eigenvalue weighted by molar-refractivity contribution is 9.10. The van der Waals surface area contributed by atoms with Crippen molar-refractivity contribution >= 4 is 31.7 Å². The van der Waals surface area contributed by atoms with Gasteiger partial charge in [0.2, 0.25) is 0 Å². The molecular weight excluding hydrogens is 298 g/mol. The van der Waals surface area contributed by atoms with Crippen LogP contribution in [-0.2, 0) is 14.6 Å². The van der Waals surface area contributed by atoms with Crippen molar-refractivity contribution < 1.29 is 18.3 Å². The molecule has 0 fully saturated rings. The summed E-state index contributed by atoms with van der Waals surface area (Å²) < 4.78 is 23.5. The maximum Gasteiger partial charge on any atom is 0.325 e. The van der Waals surface area contributed by atoms with E-state index in [-0.39, 0.29) is 10.5 Å². The van der Waals surface area contributed by atoms with E-state index in [0.29, 0.717) is 4.47 Å². The van der Waals surface area contributed by atoms with Crippen LogP contribution in [0.5, 0.6) is 0 Å². The molecule has 0 saturated heterocycles. The summed E-state index contributed by atoms with van der Waals surface area (Å²) in [7, 11) is -3.51. The summed E-state index contributed by atoms with van der Waals surface area (Å²) in [5.74, 6) is -1.27. The van der Waals surface area contributed by atoms with E-state index in [1.54, 1.807) is 6.07 Å². The molecule has 0 amide bonds. The zero-order chi connectivity index (χ0) is 12.5. The first-order valence-electron chi connectivity index (χ1n) is 4.21. The van der Waals surface area contributed by atoms with Gasteiger partial charge in [-0.15, -0.1) is 0 Å². The van der Waals surface area contributed by atoms with Crippen LogP contribution in [0.2, 0.25) is 0 Å². The molecule has 1 aromatic carbocycles. The van der Waals surface area contributed by atoms with E-state index in [2.05, 4.69) is 15.9 Å². The highest BCUT2D eigenvalue weighted by Crippen LogP contribution is 2.25. The molecule has 0 aromatic heterocycles. The Morgan fingerprint density at radius 1 is 1.50 bits per heavy atom. The van der Waals surface area contributed by atoms with Gasteiger partial charge in [0.1, 0.15) is 6.04 Å². The van der Waals surface area contributed by atoms with E-state index in [9.17, 15) is 13.2 Å². The third-order valence-corrected chi connectivity index (χ3v) is 3.62.